The van der Waals surface area contributed by atoms with Crippen molar-refractivity contribution in [3.05, 3.63) is 70.0 Å². The van der Waals surface area contributed by atoms with Crippen LogP contribution in [0.2, 0.25) is 0 Å². The van der Waals surface area contributed by atoms with Crippen molar-refractivity contribution in [2.24, 2.45) is 5.92 Å². The van der Waals surface area contributed by atoms with Crippen molar-refractivity contribution in [2.45, 2.75) is 18.4 Å². The molecule has 2 nitrogen and oxygen atoms in total. The topological polar surface area (TPSA) is 21.3 Å². The van der Waals surface area contributed by atoms with Crippen molar-refractivity contribution in [1.29, 1.82) is 0 Å². The van der Waals surface area contributed by atoms with Crippen LogP contribution in [0.4, 0.5) is 10.1 Å². The highest BCUT2D eigenvalue weighted by Gasteiger charge is 2.39. The third-order valence-corrected chi connectivity index (χ3v) is 5.30. The Labute approximate surface area is 143 Å². The van der Waals surface area contributed by atoms with Crippen LogP contribution in [0.25, 0.3) is 0 Å². The van der Waals surface area contributed by atoms with Gasteiger partial charge in [-0.25, -0.2) is 4.39 Å². The average molecular weight is 374 g/mol. The Morgan fingerprint density at radius 3 is 2.96 bits per heavy atom. The van der Waals surface area contributed by atoms with Gasteiger partial charge >= 0.3 is 0 Å². The van der Waals surface area contributed by atoms with Gasteiger partial charge in [0, 0.05) is 10.4 Å². The molecule has 2 aromatic carbocycles. The SMILES string of the molecule is COc1cccc([C@@H]2Nc3c(F)cc(Br)cc3[C@@H]3C=CC[C@H]32)c1. The molecule has 0 radical (unpaired) electrons. The zero-order valence-electron chi connectivity index (χ0n) is 12.7. The smallest absolute Gasteiger partial charge is 0.147 e. The first-order chi connectivity index (χ1) is 11.2. The first-order valence-corrected chi connectivity index (χ1v) is 8.53. The Bertz CT molecular complexity index is 789. The number of methoxy groups -OCH3 is 1. The first-order valence-electron chi connectivity index (χ1n) is 7.73. The molecule has 1 heterocycles. The largest absolute Gasteiger partial charge is 0.497 e. The standard InChI is InChI=1S/C19H17BrFNO/c1-23-13-5-2-4-11(8-13)18-15-7-3-6-14(15)16-9-12(20)10-17(21)19(16)22-18/h2-6,8-10,14-15,18,22H,7H2,1H3/t14-,15-,18+/m1/s1. The fraction of sp³-hybridized carbons (Fsp3) is 0.263. The zero-order valence-corrected chi connectivity index (χ0v) is 14.3. The molecule has 0 fully saturated rings. The van der Waals surface area contributed by atoms with E-state index in [-0.39, 0.29) is 17.8 Å². The van der Waals surface area contributed by atoms with Gasteiger partial charge in [0.1, 0.15) is 11.6 Å². The molecule has 118 valence electrons. The van der Waals surface area contributed by atoms with Crippen molar-refractivity contribution >= 4 is 21.6 Å². The number of ether oxygens (including phenoxy) is 1. The summed E-state index contributed by atoms with van der Waals surface area (Å²) in [5, 5.41) is 3.44. The average Bonchev–Trinajstić information content (AvgIpc) is 3.04. The molecule has 0 aromatic heterocycles. The van der Waals surface area contributed by atoms with Crippen molar-refractivity contribution < 1.29 is 9.13 Å². The molecule has 2 aromatic rings. The van der Waals surface area contributed by atoms with Crippen LogP contribution in [0.1, 0.15) is 29.5 Å². The summed E-state index contributed by atoms with van der Waals surface area (Å²) in [6.45, 7) is 0. The zero-order chi connectivity index (χ0) is 16.0. The fourth-order valence-corrected chi connectivity index (χ4v) is 4.23. The summed E-state index contributed by atoms with van der Waals surface area (Å²) in [6.07, 6.45) is 5.41. The lowest BCUT2D eigenvalue weighted by molar-refractivity contribution is 0.405. The molecule has 0 spiro atoms. The minimum absolute atomic E-state index is 0.0771. The highest BCUT2D eigenvalue weighted by Crippen LogP contribution is 2.51. The predicted octanol–water partition coefficient (Wildman–Crippen LogP) is 5.42. The molecule has 1 aliphatic heterocycles. The molecule has 0 saturated heterocycles. The molecule has 1 aliphatic carbocycles. The summed E-state index contributed by atoms with van der Waals surface area (Å²) in [6, 6.07) is 11.7. The Kier molecular flexibility index (Phi) is 3.64. The van der Waals surface area contributed by atoms with Crippen LogP contribution in [-0.2, 0) is 0 Å². The van der Waals surface area contributed by atoms with Crippen molar-refractivity contribution in [2.75, 3.05) is 12.4 Å². The predicted molar refractivity (Wildman–Crippen MR) is 93.4 cm³/mol. The molecule has 2 aliphatic rings. The van der Waals surface area contributed by atoms with E-state index in [1.54, 1.807) is 7.11 Å². The van der Waals surface area contributed by atoms with E-state index in [4.69, 9.17) is 4.74 Å². The second-order valence-corrected chi connectivity index (χ2v) is 7.02. The number of allylic oxidation sites excluding steroid dienone is 2. The fourth-order valence-electron chi connectivity index (χ4n) is 3.79. The number of nitrogens with one attached hydrogen (secondary N) is 1. The third-order valence-electron chi connectivity index (χ3n) is 4.84. The van der Waals surface area contributed by atoms with Gasteiger partial charge in [-0.3, -0.25) is 0 Å². The Morgan fingerprint density at radius 1 is 1.26 bits per heavy atom. The van der Waals surface area contributed by atoms with E-state index in [9.17, 15) is 4.39 Å². The van der Waals surface area contributed by atoms with E-state index in [2.05, 4.69) is 39.5 Å². The molecule has 0 amide bonds. The van der Waals surface area contributed by atoms with E-state index < -0.39 is 0 Å². The van der Waals surface area contributed by atoms with Crippen molar-refractivity contribution in [3.8, 4) is 5.75 Å². The minimum Gasteiger partial charge on any atom is -0.497 e. The van der Waals surface area contributed by atoms with Gasteiger partial charge in [-0.2, -0.15) is 0 Å². The number of hydrogen-bond acceptors (Lipinski definition) is 2. The maximum absolute atomic E-state index is 14.5. The monoisotopic (exact) mass is 373 g/mol. The number of benzene rings is 2. The molecule has 1 N–H and O–H groups in total. The normalized spacial score (nSPS) is 24.7. The molecule has 0 unspecified atom stereocenters. The minimum atomic E-state index is -0.207. The highest BCUT2D eigenvalue weighted by molar-refractivity contribution is 9.10. The second kappa shape index (κ2) is 5.68. The molecule has 4 heteroatoms. The maximum atomic E-state index is 14.5. The Hall–Kier alpha value is -1.81. The molecule has 0 bridgehead atoms. The number of fused-ring (bicyclic) bond motifs is 3. The molecule has 23 heavy (non-hydrogen) atoms. The van der Waals surface area contributed by atoms with Gasteiger partial charge in [-0.05, 0) is 47.7 Å². The second-order valence-electron chi connectivity index (χ2n) is 6.10. The van der Waals surface area contributed by atoms with Crippen LogP contribution < -0.4 is 10.1 Å². The summed E-state index contributed by atoms with van der Waals surface area (Å²) < 4.78 is 20.6. The lowest BCUT2D eigenvalue weighted by Crippen LogP contribution is -2.29. The molecular formula is C19H17BrFNO. The number of anilines is 1. The highest BCUT2D eigenvalue weighted by atomic mass is 79.9. The van der Waals surface area contributed by atoms with E-state index in [0.717, 1.165) is 27.8 Å². The van der Waals surface area contributed by atoms with Crippen molar-refractivity contribution in [1.82, 2.24) is 0 Å². The van der Waals surface area contributed by atoms with Gasteiger partial charge in [0.25, 0.3) is 0 Å². The van der Waals surface area contributed by atoms with Gasteiger partial charge in [-0.1, -0.05) is 40.2 Å². The van der Waals surface area contributed by atoms with Crippen LogP contribution in [0.3, 0.4) is 0 Å². The number of rotatable bonds is 2. The van der Waals surface area contributed by atoms with Gasteiger partial charge in [0.15, 0.2) is 0 Å². The van der Waals surface area contributed by atoms with Gasteiger partial charge in [0.2, 0.25) is 0 Å². The molecule has 4 rings (SSSR count). The summed E-state index contributed by atoms with van der Waals surface area (Å²) in [7, 11) is 1.67. The van der Waals surface area contributed by atoms with E-state index in [1.807, 2.05) is 24.3 Å². The van der Waals surface area contributed by atoms with E-state index in [1.165, 1.54) is 6.07 Å². The lowest BCUT2D eigenvalue weighted by Gasteiger charge is -2.37. The van der Waals surface area contributed by atoms with Gasteiger partial charge in [-0.15, -0.1) is 0 Å². The van der Waals surface area contributed by atoms with E-state index in [0.29, 0.717) is 11.6 Å². The van der Waals surface area contributed by atoms with Crippen LogP contribution in [0.15, 0.2) is 53.0 Å². The Balaban J connectivity index is 1.81. The lowest BCUT2D eigenvalue weighted by atomic mass is 9.77. The summed E-state index contributed by atoms with van der Waals surface area (Å²) in [5.41, 5.74) is 2.79. The van der Waals surface area contributed by atoms with Crippen LogP contribution in [0, 0.1) is 11.7 Å². The summed E-state index contributed by atoms with van der Waals surface area (Å²) >= 11 is 3.41. The molecule has 3 atom stereocenters. The van der Waals surface area contributed by atoms with Crippen molar-refractivity contribution in [3.63, 3.8) is 0 Å². The van der Waals surface area contributed by atoms with Gasteiger partial charge < -0.3 is 10.1 Å². The van der Waals surface area contributed by atoms with Crippen LogP contribution >= 0.6 is 15.9 Å². The number of hydrogen-bond donors (Lipinski definition) is 1. The van der Waals surface area contributed by atoms with Crippen LogP contribution in [0.5, 0.6) is 5.75 Å². The first kappa shape index (κ1) is 14.8. The third kappa shape index (κ3) is 2.45. The quantitative estimate of drug-likeness (QED) is 0.709. The molecular weight excluding hydrogens is 357 g/mol. The van der Waals surface area contributed by atoms with Crippen LogP contribution in [-0.4, -0.2) is 7.11 Å². The molecule has 0 saturated carbocycles. The van der Waals surface area contributed by atoms with E-state index >= 15 is 0 Å². The Morgan fingerprint density at radius 2 is 2.13 bits per heavy atom. The van der Waals surface area contributed by atoms with Gasteiger partial charge in [0.05, 0.1) is 18.8 Å². The summed E-state index contributed by atoms with van der Waals surface area (Å²) in [5.74, 6) is 1.26. The summed E-state index contributed by atoms with van der Waals surface area (Å²) in [4.78, 5) is 0. The number of halogens is 2. The maximum Gasteiger partial charge on any atom is 0.147 e.